The molecule has 19 heavy (non-hydrogen) atoms. The molecular weight excluding hydrogens is 262 g/mol. The molecule has 0 aliphatic carbocycles. The fourth-order valence-electron chi connectivity index (χ4n) is 2.20. The Bertz CT molecular complexity index is 591. The smallest absolute Gasteiger partial charge is 0.150 e. The van der Waals surface area contributed by atoms with Crippen LogP contribution in [0, 0.1) is 11.3 Å². The molecule has 2 rings (SSSR count). The molecule has 1 saturated heterocycles. The van der Waals surface area contributed by atoms with Crippen molar-refractivity contribution in [1.29, 1.82) is 5.26 Å². The molecular formula is C13H17N3O2S. The van der Waals surface area contributed by atoms with Gasteiger partial charge < -0.3 is 11.1 Å². The van der Waals surface area contributed by atoms with Crippen LogP contribution >= 0.6 is 0 Å². The Balaban J connectivity index is 2.04. The minimum atomic E-state index is -2.83. The molecule has 1 aromatic carbocycles. The Hall–Kier alpha value is -1.74. The molecule has 1 aliphatic heterocycles. The van der Waals surface area contributed by atoms with Crippen molar-refractivity contribution in [3.8, 4) is 6.07 Å². The van der Waals surface area contributed by atoms with E-state index in [0.717, 1.165) is 11.3 Å². The van der Waals surface area contributed by atoms with E-state index in [1.54, 1.807) is 6.07 Å². The Labute approximate surface area is 113 Å². The second-order valence-electron chi connectivity index (χ2n) is 4.82. The zero-order chi connectivity index (χ0) is 13.9. The summed E-state index contributed by atoms with van der Waals surface area (Å²) in [5, 5.41) is 12.0. The third-order valence-electron chi connectivity index (χ3n) is 3.34. The van der Waals surface area contributed by atoms with Crippen LogP contribution in [0.25, 0.3) is 0 Å². The highest BCUT2D eigenvalue weighted by Crippen LogP contribution is 2.22. The summed E-state index contributed by atoms with van der Waals surface area (Å²) in [4.78, 5) is 0. The van der Waals surface area contributed by atoms with E-state index in [2.05, 4.69) is 11.4 Å². The van der Waals surface area contributed by atoms with Crippen LogP contribution in [0.1, 0.15) is 18.4 Å². The second kappa shape index (κ2) is 5.49. The zero-order valence-corrected chi connectivity index (χ0v) is 11.4. The summed E-state index contributed by atoms with van der Waals surface area (Å²) in [5.74, 6) is 0.482. The Kier molecular flexibility index (Phi) is 3.96. The number of sulfone groups is 1. The third kappa shape index (κ3) is 3.61. The summed E-state index contributed by atoms with van der Waals surface area (Å²) in [6.07, 6.45) is 1.53. The van der Waals surface area contributed by atoms with Crippen LogP contribution in [0.2, 0.25) is 0 Å². The number of hydrogen-bond acceptors (Lipinski definition) is 5. The average Bonchev–Trinajstić information content (AvgIpc) is 2.36. The van der Waals surface area contributed by atoms with Crippen molar-refractivity contribution in [3.05, 3.63) is 23.8 Å². The van der Waals surface area contributed by atoms with Crippen LogP contribution in [-0.2, 0) is 16.3 Å². The molecule has 6 heteroatoms. The van der Waals surface area contributed by atoms with Crippen molar-refractivity contribution in [2.24, 2.45) is 0 Å². The molecule has 0 unspecified atom stereocenters. The van der Waals surface area contributed by atoms with E-state index in [9.17, 15) is 8.42 Å². The molecule has 0 atom stereocenters. The Morgan fingerprint density at radius 3 is 2.68 bits per heavy atom. The van der Waals surface area contributed by atoms with Crippen molar-refractivity contribution < 1.29 is 8.42 Å². The molecule has 1 aliphatic rings. The van der Waals surface area contributed by atoms with Gasteiger partial charge in [0, 0.05) is 17.4 Å². The third-order valence-corrected chi connectivity index (χ3v) is 5.05. The number of nitrogens with one attached hydrogen (secondary N) is 1. The topological polar surface area (TPSA) is 96.0 Å². The summed E-state index contributed by atoms with van der Waals surface area (Å²) in [6.45, 7) is 0. The summed E-state index contributed by atoms with van der Waals surface area (Å²) < 4.78 is 22.7. The number of nitriles is 1. The SMILES string of the molecule is N#CCc1cc(NC2CCS(=O)(=O)CC2)ccc1N. The first-order valence-electron chi connectivity index (χ1n) is 6.22. The monoisotopic (exact) mass is 279 g/mol. The second-order valence-corrected chi connectivity index (χ2v) is 7.12. The summed E-state index contributed by atoms with van der Waals surface area (Å²) in [6, 6.07) is 7.74. The molecule has 5 nitrogen and oxygen atoms in total. The van der Waals surface area contributed by atoms with Crippen molar-refractivity contribution in [3.63, 3.8) is 0 Å². The van der Waals surface area contributed by atoms with Gasteiger partial charge in [0.2, 0.25) is 0 Å². The van der Waals surface area contributed by atoms with Crippen LogP contribution in [-0.4, -0.2) is 26.0 Å². The van der Waals surface area contributed by atoms with E-state index >= 15 is 0 Å². The molecule has 3 N–H and O–H groups in total. The maximum Gasteiger partial charge on any atom is 0.150 e. The zero-order valence-electron chi connectivity index (χ0n) is 10.6. The van der Waals surface area contributed by atoms with Gasteiger partial charge in [0.25, 0.3) is 0 Å². The lowest BCUT2D eigenvalue weighted by atomic mass is 10.1. The minimum absolute atomic E-state index is 0.169. The van der Waals surface area contributed by atoms with Crippen LogP contribution in [0.3, 0.4) is 0 Å². The van der Waals surface area contributed by atoms with E-state index in [-0.39, 0.29) is 24.0 Å². The molecule has 0 radical (unpaired) electrons. The maximum absolute atomic E-state index is 11.4. The number of hydrogen-bond donors (Lipinski definition) is 2. The molecule has 0 spiro atoms. The number of nitrogens with zero attached hydrogens (tertiary/aromatic N) is 1. The molecule has 1 aromatic rings. The van der Waals surface area contributed by atoms with Crippen molar-refractivity contribution in [2.75, 3.05) is 22.6 Å². The maximum atomic E-state index is 11.4. The van der Waals surface area contributed by atoms with E-state index in [0.29, 0.717) is 18.5 Å². The first-order valence-corrected chi connectivity index (χ1v) is 8.04. The van der Waals surface area contributed by atoms with Crippen molar-refractivity contribution >= 4 is 21.2 Å². The van der Waals surface area contributed by atoms with Crippen molar-refractivity contribution in [1.82, 2.24) is 0 Å². The largest absolute Gasteiger partial charge is 0.398 e. The van der Waals surface area contributed by atoms with Crippen LogP contribution < -0.4 is 11.1 Å². The standard InChI is InChI=1S/C13H17N3O2S/c14-6-3-10-9-12(1-2-13(10)15)16-11-4-7-19(17,18)8-5-11/h1-2,9,11,16H,3-5,7-8,15H2. The van der Waals surface area contributed by atoms with Gasteiger partial charge >= 0.3 is 0 Å². The molecule has 0 aromatic heterocycles. The minimum Gasteiger partial charge on any atom is -0.398 e. The molecule has 0 bridgehead atoms. The Morgan fingerprint density at radius 2 is 2.05 bits per heavy atom. The van der Waals surface area contributed by atoms with E-state index in [4.69, 9.17) is 11.0 Å². The quantitative estimate of drug-likeness (QED) is 0.814. The van der Waals surface area contributed by atoms with Gasteiger partial charge in [0.1, 0.15) is 9.84 Å². The number of anilines is 2. The lowest BCUT2D eigenvalue weighted by Crippen LogP contribution is -2.32. The number of nitrogen functional groups attached to an aromatic ring is 1. The van der Waals surface area contributed by atoms with Gasteiger partial charge in [0.15, 0.2) is 0 Å². The number of benzene rings is 1. The summed E-state index contributed by atoms with van der Waals surface area (Å²) >= 11 is 0. The summed E-state index contributed by atoms with van der Waals surface area (Å²) in [5.41, 5.74) is 8.09. The van der Waals surface area contributed by atoms with Crippen LogP contribution in [0.5, 0.6) is 0 Å². The molecule has 0 saturated carbocycles. The average molecular weight is 279 g/mol. The highest BCUT2D eigenvalue weighted by molar-refractivity contribution is 7.91. The molecule has 0 amide bonds. The van der Waals surface area contributed by atoms with E-state index in [1.807, 2.05) is 12.1 Å². The van der Waals surface area contributed by atoms with Gasteiger partial charge in [-0.1, -0.05) is 0 Å². The van der Waals surface area contributed by atoms with Gasteiger partial charge in [-0.05, 0) is 36.6 Å². The van der Waals surface area contributed by atoms with Crippen LogP contribution in [0.15, 0.2) is 18.2 Å². The lowest BCUT2D eigenvalue weighted by Gasteiger charge is -2.24. The number of rotatable bonds is 3. The number of nitrogens with two attached hydrogens (primary N) is 1. The normalized spacial score (nSPS) is 18.7. The van der Waals surface area contributed by atoms with Gasteiger partial charge in [-0.2, -0.15) is 5.26 Å². The lowest BCUT2D eigenvalue weighted by molar-refractivity contribution is 0.559. The Morgan fingerprint density at radius 1 is 1.37 bits per heavy atom. The van der Waals surface area contributed by atoms with E-state index < -0.39 is 9.84 Å². The van der Waals surface area contributed by atoms with Crippen LogP contribution in [0.4, 0.5) is 11.4 Å². The van der Waals surface area contributed by atoms with Crippen molar-refractivity contribution in [2.45, 2.75) is 25.3 Å². The molecule has 102 valence electrons. The first-order chi connectivity index (χ1) is 9.00. The molecule has 1 fully saturated rings. The van der Waals surface area contributed by atoms with Gasteiger partial charge in [-0.15, -0.1) is 0 Å². The summed E-state index contributed by atoms with van der Waals surface area (Å²) in [7, 11) is -2.83. The van der Waals surface area contributed by atoms with Gasteiger partial charge in [-0.3, -0.25) is 0 Å². The predicted molar refractivity (Wildman–Crippen MR) is 75.5 cm³/mol. The fourth-order valence-corrected chi connectivity index (χ4v) is 3.70. The van der Waals surface area contributed by atoms with Gasteiger partial charge in [0.05, 0.1) is 24.0 Å². The van der Waals surface area contributed by atoms with Gasteiger partial charge in [-0.25, -0.2) is 8.42 Å². The highest BCUT2D eigenvalue weighted by Gasteiger charge is 2.23. The first kappa shape index (κ1) is 13.7. The fraction of sp³-hybridized carbons (Fsp3) is 0.462. The predicted octanol–water partition coefficient (Wildman–Crippen LogP) is 1.32. The van der Waals surface area contributed by atoms with E-state index in [1.165, 1.54) is 0 Å². The molecule has 1 heterocycles. The highest BCUT2D eigenvalue weighted by atomic mass is 32.2.